The predicted octanol–water partition coefficient (Wildman–Crippen LogP) is 3.05. The van der Waals surface area contributed by atoms with Crippen LogP contribution in [0.2, 0.25) is 5.02 Å². The van der Waals surface area contributed by atoms with Crippen LogP contribution in [0, 0.1) is 0 Å². The molecule has 1 aliphatic rings. The third kappa shape index (κ3) is 3.48. The minimum atomic E-state index is -3.30. The van der Waals surface area contributed by atoms with E-state index in [1.807, 2.05) is 18.2 Å². The molecule has 1 aliphatic heterocycles. The molecule has 1 aromatic carbocycles. The summed E-state index contributed by atoms with van der Waals surface area (Å²) in [4.78, 5) is 4.33. The van der Waals surface area contributed by atoms with E-state index in [0.29, 0.717) is 18.1 Å². The van der Waals surface area contributed by atoms with Crippen molar-refractivity contribution in [3.63, 3.8) is 0 Å². The van der Waals surface area contributed by atoms with Gasteiger partial charge in [-0.25, -0.2) is 12.7 Å². The Kier molecular flexibility index (Phi) is 4.47. The average Bonchev–Trinajstić information content (AvgIpc) is 3.01. The van der Waals surface area contributed by atoms with Gasteiger partial charge in [0.15, 0.2) is 0 Å². The van der Waals surface area contributed by atoms with E-state index in [1.54, 1.807) is 34.8 Å². The van der Waals surface area contributed by atoms with Gasteiger partial charge in [-0.1, -0.05) is 29.8 Å². The molecule has 0 aliphatic carbocycles. The fourth-order valence-electron chi connectivity index (χ4n) is 2.72. The van der Waals surface area contributed by atoms with E-state index in [0.717, 1.165) is 17.7 Å². The Hall–Kier alpha value is -1.43. The summed E-state index contributed by atoms with van der Waals surface area (Å²) in [6.07, 6.45) is 2.57. The fourth-order valence-corrected chi connectivity index (χ4v) is 4.44. The lowest BCUT2D eigenvalue weighted by atomic mass is 10.0. The quantitative estimate of drug-likeness (QED) is 0.862. The van der Waals surface area contributed by atoms with Crippen molar-refractivity contribution in [2.75, 3.05) is 13.1 Å². The number of halogens is 1. The molecule has 116 valence electrons. The smallest absolute Gasteiger partial charge is 0.218 e. The van der Waals surface area contributed by atoms with E-state index >= 15 is 0 Å². The highest BCUT2D eigenvalue weighted by Gasteiger charge is 2.32. The molecule has 2 heterocycles. The summed E-state index contributed by atoms with van der Waals surface area (Å²) in [5.74, 6) is 0.195. The highest BCUT2D eigenvalue weighted by atomic mass is 35.5. The van der Waals surface area contributed by atoms with Gasteiger partial charge in [0, 0.05) is 35.9 Å². The van der Waals surface area contributed by atoms with Crippen molar-refractivity contribution in [3.8, 4) is 0 Å². The highest BCUT2D eigenvalue weighted by Crippen LogP contribution is 2.28. The molecule has 0 bridgehead atoms. The Morgan fingerprint density at radius 1 is 1.18 bits per heavy atom. The van der Waals surface area contributed by atoms with E-state index < -0.39 is 10.0 Å². The Morgan fingerprint density at radius 3 is 2.64 bits per heavy atom. The number of sulfonamides is 1. The Labute approximate surface area is 135 Å². The fraction of sp³-hybridized carbons (Fsp3) is 0.312. The van der Waals surface area contributed by atoms with Crippen molar-refractivity contribution >= 4 is 21.6 Å². The zero-order chi connectivity index (χ0) is 15.6. The molecule has 4 nitrogen and oxygen atoms in total. The molecule has 0 spiro atoms. The summed E-state index contributed by atoms with van der Waals surface area (Å²) in [6, 6.07) is 12.7. The first-order valence-corrected chi connectivity index (χ1v) is 9.16. The van der Waals surface area contributed by atoms with Gasteiger partial charge < -0.3 is 0 Å². The first kappa shape index (κ1) is 15.5. The van der Waals surface area contributed by atoms with Gasteiger partial charge in [-0.05, 0) is 36.2 Å². The second-order valence-electron chi connectivity index (χ2n) is 5.48. The van der Waals surface area contributed by atoms with Crippen LogP contribution >= 0.6 is 11.6 Å². The Morgan fingerprint density at radius 2 is 1.95 bits per heavy atom. The van der Waals surface area contributed by atoms with E-state index in [2.05, 4.69) is 4.98 Å². The molecule has 1 fully saturated rings. The van der Waals surface area contributed by atoms with Gasteiger partial charge in [-0.3, -0.25) is 4.98 Å². The molecule has 0 saturated carbocycles. The summed E-state index contributed by atoms with van der Waals surface area (Å²) in [5.41, 5.74) is 1.72. The maximum atomic E-state index is 12.5. The summed E-state index contributed by atoms with van der Waals surface area (Å²) in [6.45, 7) is 1.06. The maximum absolute atomic E-state index is 12.5. The van der Waals surface area contributed by atoms with Crippen LogP contribution < -0.4 is 0 Å². The standard InChI is InChI=1S/C16H17ClN2O2S/c17-15-6-4-13(5-7-15)12-22(20,21)19-10-8-14(11-19)16-3-1-2-9-18-16/h1-7,9,14H,8,10-12H2/t14-/m1/s1. The largest absolute Gasteiger partial charge is 0.261 e. The van der Waals surface area contributed by atoms with Gasteiger partial charge in [0.25, 0.3) is 0 Å². The van der Waals surface area contributed by atoms with Gasteiger partial charge >= 0.3 is 0 Å². The molecule has 22 heavy (non-hydrogen) atoms. The van der Waals surface area contributed by atoms with Crippen LogP contribution in [0.1, 0.15) is 23.6 Å². The molecular weight excluding hydrogens is 320 g/mol. The molecule has 0 amide bonds. The number of benzene rings is 1. The third-order valence-electron chi connectivity index (χ3n) is 3.91. The average molecular weight is 337 g/mol. The van der Waals surface area contributed by atoms with Crippen LogP contribution in [0.5, 0.6) is 0 Å². The zero-order valence-corrected chi connectivity index (χ0v) is 13.6. The van der Waals surface area contributed by atoms with Gasteiger partial charge in [0.2, 0.25) is 10.0 Å². The van der Waals surface area contributed by atoms with E-state index in [1.165, 1.54) is 0 Å². The lowest BCUT2D eigenvalue weighted by Crippen LogP contribution is -2.29. The zero-order valence-electron chi connectivity index (χ0n) is 12.0. The normalized spacial score (nSPS) is 19.4. The van der Waals surface area contributed by atoms with E-state index in [4.69, 9.17) is 11.6 Å². The van der Waals surface area contributed by atoms with Crippen LogP contribution in [0.15, 0.2) is 48.7 Å². The van der Waals surface area contributed by atoms with Crippen molar-refractivity contribution < 1.29 is 8.42 Å². The number of hydrogen-bond donors (Lipinski definition) is 0. The van der Waals surface area contributed by atoms with Crippen molar-refractivity contribution in [2.24, 2.45) is 0 Å². The van der Waals surface area contributed by atoms with Crippen molar-refractivity contribution in [2.45, 2.75) is 18.1 Å². The van der Waals surface area contributed by atoms with Crippen LogP contribution in [-0.4, -0.2) is 30.8 Å². The minimum absolute atomic E-state index is 0.0130. The first-order valence-electron chi connectivity index (χ1n) is 7.18. The molecule has 1 aromatic heterocycles. The molecule has 6 heteroatoms. The lowest BCUT2D eigenvalue weighted by Gasteiger charge is -2.16. The number of pyridine rings is 1. The van der Waals surface area contributed by atoms with Crippen LogP contribution in [0.25, 0.3) is 0 Å². The molecule has 0 N–H and O–H groups in total. The predicted molar refractivity (Wildman–Crippen MR) is 87.2 cm³/mol. The lowest BCUT2D eigenvalue weighted by molar-refractivity contribution is 0.471. The topological polar surface area (TPSA) is 50.3 Å². The van der Waals surface area contributed by atoms with Crippen molar-refractivity contribution in [1.29, 1.82) is 0 Å². The van der Waals surface area contributed by atoms with E-state index in [-0.39, 0.29) is 11.7 Å². The SMILES string of the molecule is O=S(=O)(Cc1ccc(Cl)cc1)N1CC[C@@H](c2ccccn2)C1. The van der Waals surface area contributed by atoms with Gasteiger partial charge in [0.05, 0.1) is 5.75 Å². The van der Waals surface area contributed by atoms with Crippen molar-refractivity contribution in [3.05, 3.63) is 64.9 Å². The number of hydrogen-bond acceptors (Lipinski definition) is 3. The van der Waals surface area contributed by atoms with Crippen molar-refractivity contribution in [1.82, 2.24) is 9.29 Å². The summed E-state index contributed by atoms with van der Waals surface area (Å²) < 4.78 is 26.6. The number of nitrogens with zero attached hydrogens (tertiary/aromatic N) is 2. The maximum Gasteiger partial charge on any atom is 0.218 e. The van der Waals surface area contributed by atoms with E-state index in [9.17, 15) is 8.42 Å². The molecule has 2 aromatic rings. The molecule has 0 unspecified atom stereocenters. The van der Waals surface area contributed by atoms with Crippen LogP contribution in [-0.2, 0) is 15.8 Å². The molecule has 0 radical (unpaired) electrons. The molecule has 3 rings (SSSR count). The van der Waals surface area contributed by atoms with Crippen LogP contribution in [0.4, 0.5) is 0 Å². The van der Waals surface area contributed by atoms with Gasteiger partial charge in [-0.15, -0.1) is 0 Å². The summed E-state index contributed by atoms with van der Waals surface area (Å²) in [7, 11) is -3.30. The Bertz CT molecular complexity index is 733. The molecule has 1 atom stereocenters. The second-order valence-corrected chi connectivity index (χ2v) is 7.89. The highest BCUT2D eigenvalue weighted by molar-refractivity contribution is 7.88. The monoisotopic (exact) mass is 336 g/mol. The summed E-state index contributed by atoms with van der Waals surface area (Å²) >= 11 is 5.83. The van der Waals surface area contributed by atoms with Gasteiger partial charge in [-0.2, -0.15) is 0 Å². The summed E-state index contributed by atoms with van der Waals surface area (Å²) in [5, 5.41) is 0.609. The first-order chi connectivity index (χ1) is 10.5. The number of rotatable bonds is 4. The molecule has 1 saturated heterocycles. The molecular formula is C16H17ClN2O2S. The number of aromatic nitrogens is 1. The minimum Gasteiger partial charge on any atom is -0.261 e. The Balaban J connectivity index is 1.70. The van der Waals surface area contributed by atoms with Gasteiger partial charge in [0.1, 0.15) is 0 Å². The third-order valence-corrected chi connectivity index (χ3v) is 5.98. The second kappa shape index (κ2) is 6.36. The van der Waals surface area contributed by atoms with Crippen LogP contribution in [0.3, 0.4) is 0 Å².